The van der Waals surface area contributed by atoms with Gasteiger partial charge in [0, 0.05) is 0 Å². The van der Waals surface area contributed by atoms with Gasteiger partial charge in [0.15, 0.2) is 0 Å². The second-order valence-electron chi connectivity index (χ2n) is 4.02. The number of carbonyl (C=O) groups is 1. The third-order valence-electron chi connectivity index (χ3n) is 2.56. The van der Waals surface area contributed by atoms with Crippen LogP contribution in [0.4, 0.5) is 0 Å². The van der Waals surface area contributed by atoms with Crippen molar-refractivity contribution in [1.29, 1.82) is 0 Å². The maximum absolute atomic E-state index is 11.9. The number of hydrogen-bond acceptors (Lipinski definition) is 4. The number of nitrogens with one attached hydrogen (secondary N) is 1. The van der Waals surface area contributed by atoms with Crippen LogP contribution in [0.5, 0.6) is 5.75 Å². The van der Waals surface area contributed by atoms with Gasteiger partial charge in [-0.25, -0.2) is 4.98 Å². The molecule has 0 aliphatic rings. The van der Waals surface area contributed by atoms with Crippen LogP contribution < -0.4 is 5.32 Å². The molecule has 6 heteroatoms. The number of carbonyl (C=O) groups excluding carboxylic acids is 1. The molecule has 0 aliphatic carbocycles. The molecule has 2 aromatic rings. The molecule has 5 nitrogen and oxygen atoms in total. The van der Waals surface area contributed by atoms with Crippen molar-refractivity contribution in [2.24, 2.45) is 0 Å². The molecule has 0 aliphatic heterocycles. The molecule has 1 atom stereocenters. The minimum absolute atomic E-state index is 0.152. The Balaban J connectivity index is 2.11. The summed E-state index contributed by atoms with van der Waals surface area (Å²) in [5.74, 6) is -0.216. The smallest absolute Gasteiger partial charge is 0.272 e. The molecule has 98 valence electrons. The molecule has 0 saturated heterocycles. The first-order valence-electron chi connectivity index (χ1n) is 5.63. The van der Waals surface area contributed by atoms with Crippen LogP contribution in [0.3, 0.4) is 0 Å². The van der Waals surface area contributed by atoms with Crippen LogP contribution in [0, 0.1) is 0 Å². The van der Waals surface area contributed by atoms with Gasteiger partial charge in [-0.2, -0.15) is 0 Å². The van der Waals surface area contributed by atoms with E-state index in [1.54, 1.807) is 18.2 Å². The average molecular weight is 278 g/mol. The summed E-state index contributed by atoms with van der Waals surface area (Å²) in [5, 5.41) is 12.3. The third-order valence-corrected chi connectivity index (χ3v) is 2.74. The largest absolute Gasteiger partial charge is 0.508 e. The highest BCUT2D eigenvalue weighted by atomic mass is 35.5. The zero-order valence-electron chi connectivity index (χ0n) is 10.2. The maximum atomic E-state index is 11.9. The molecular weight excluding hydrogens is 266 g/mol. The van der Waals surface area contributed by atoms with Crippen LogP contribution in [-0.4, -0.2) is 21.0 Å². The van der Waals surface area contributed by atoms with Gasteiger partial charge in [-0.15, -0.1) is 0 Å². The van der Waals surface area contributed by atoms with Gasteiger partial charge in [-0.3, -0.25) is 9.78 Å². The van der Waals surface area contributed by atoms with Gasteiger partial charge >= 0.3 is 0 Å². The number of hydrogen-bond donors (Lipinski definition) is 2. The molecular formula is C13H12ClN3O2. The van der Waals surface area contributed by atoms with E-state index >= 15 is 0 Å². The highest BCUT2D eigenvalue weighted by molar-refractivity contribution is 6.29. The highest BCUT2D eigenvalue weighted by Crippen LogP contribution is 2.18. The lowest BCUT2D eigenvalue weighted by molar-refractivity contribution is 0.0934. The van der Waals surface area contributed by atoms with Crippen LogP contribution in [0.25, 0.3) is 0 Å². The lowest BCUT2D eigenvalue weighted by Gasteiger charge is -2.14. The van der Waals surface area contributed by atoms with Crippen molar-refractivity contribution in [3.63, 3.8) is 0 Å². The second kappa shape index (κ2) is 5.67. The Kier molecular flexibility index (Phi) is 3.97. The lowest BCUT2D eigenvalue weighted by Crippen LogP contribution is -2.27. The number of phenols is 1. The number of halogens is 1. The predicted molar refractivity (Wildman–Crippen MR) is 71.0 cm³/mol. The Morgan fingerprint density at radius 3 is 2.89 bits per heavy atom. The second-order valence-corrected chi connectivity index (χ2v) is 4.40. The van der Waals surface area contributed by atoms with Crippen molar-refractivity contribution < 1.29 is 9.90 Å². The summed E-state index contributed by atoms with van der Waals surface area (Å²) < 4.78 is 0. The molecule has 1 unspecified atom stereocenters. The minimum Gasteiger partial charge on any atom is -0.508 e. The Morgan fingerprint density at radius 1 is 1.42 bits per heavy atom. The standard InChI is InChI=1S/C13H12ClN3O2/c1-8(9-3-2-4-10(18)5-9)16-13(19)11-6-15-7-12(14)17-11/h2-8,18H,1H3,(H,16,19). The van der Waals surface area contributed by atoms with E-state index in [9.17, 15) is 9.90 Å². The summed E-state index contributed by atoms with van der Waals surface area (Å²) >= 11 is 5.68. The van der Waals surface area contributed by atoms with E-state index in [-0.39, 0.29) is 28.5 Å². The van der Waals surface area contributed by atoms with Gasteiger partial charge in [-0.1, -0.05) is 23.7 Å². The number of aromatic nitrogens is 2. The lowest BCUT2D eigenvalue weighted by atomic mass is 10.1. The SMILES string of the molecule is CC(NC(=O)c1cncc(Cl)n1)c1cccc(O)c1. The van der Waals surface area contributed by atoms with Crippen LogP contribution in [0.15, 0.2) is 36.7 Å². The zero-order valence-corrected chi connectivity index (χ0v) is 10.9. The molecule has 1 amide bonds. The highest BCUT2D eigenvalue weighted by Gasteiger charge is 2.13. The molecule has 0 radical (unpaired) electrons. The van der Waals surface area contributed by atoms with Crippen molar-refractivity contribution in [1.82, 2.24) is 15.3 Å². The molecule has 1 aromatic carbocycles. The summed E-state index contributed by atoms with van der Waals surface area (Å²) in [6.07, 6.45) is 2.70. The first-order valence-corrected chi connectivity index (χ1v) is 6.01. The van der Waals surface area contributed by atoms with Crippen LogP contribution in [-0.2, 0) is 0 Å². The Morgan fingerprint density at radius 2 is 2.21 bits per heavy atom. The van der Waals surface area contributed by atoms with E-state index in [0.29, 0.717) is 0 Å². The number of aromatic hydroxyl groups is 1. The van der Waals surface area contributed by atoms with Gasteiger partial charge in [0.25, 0.3) is 5.91 Å². The zero-order chi connectivity index (χ0) is 13.8. The molecule has 0 fully saturated rings. The number of nitrogens with zero attached hydrogens (tertiary/aromatic N) is 2. The molecule has 2 N–H and O–H groups in total. The molecule has 0 saturated carbocycles. The van der Waals surface area contributed by atoms with Gasteiger partial charge in [0.05, 0.1) is 18.4 Å². The maximum Gasteiger partial charge on any atom is 0.272 e. The summed E-state index contributed by atoms with van der Waals surface area (Å²) in [7, 11) is 0. The normalized spacial score (nSPS) is 11.9. The first-order chi connectivity index (χ1) is 9.06. The number of benzene rings is 1. The predicted octanol–water partition coefficient (Wildman–Crippen LogP) is 2.33. The van der Waals surface area contributed by atoms with Crippen molar-refractivity contribution in [3.05, 3.63) is 53.1 Å². The van der Waals surface area contributed by atoms with E-state index in [1.807, 2.05) is 13.0 Å². The molecule has 0 bridgehead atoms. The van der Waals surface area contributed by atoms with E-state index in [2.05, 4.69) is 15.3 Å². The summed E-state index contributed by atoms with van der Waals surface area (Å²) in [6.45, 7) is 1.81. The van der Waals surface area contributed by atoms with Crippen molar-refractivity contribution in [2.45, 2.75) is 13.0 Å². The number of amides is 1. The Hall–Kier alpha value is -2.14. The average Bonchev–Trinajstić information content (AvgIpc) is 2.38. The van der Waals surface area contributed by atoms with E-state index in [4.69, 9.17) is 11.6 Å². The van der Waals surface area contributed by atoms with Crippen molar-refractivity contribution >= 4 is 17.5 Å². The molecule has 2 rings (SSSR count). The summed E-state index contributed by atoms with van der Waals surface area (Å²) in [4.78, 5) is 19.6. The third kappa shape index (κ3) is 3.42. The number of rotatable bonds is 3. The van der Waals surface area contributed by atoms with Gasteiger partial charge in [0.2, 0.25) is 0 Å². The minimum atomic E-state index is -0.370. The topological polar surface area (TPSA) is 75.1 Å². The first kappa shape index (κ1) is 13.3. The monoisotopic (exact) mass is 277 g/mol. The van der Waals surface area contributed by atoms with Crippen LogP contribution in [0.2, 0.25) is 5.15 Å². The van der Waals surface area contributed by atoms with E-state index in [1.165, 1.54) is 12.4 Å². The fraction of sp³-hybridized carbons (Fsp3) is 0.154. The van der Waals surface area contributed by atoms with E-state index < -0.39 is 0 Å². The quantitative estimate of drug-likeness (QED) is 0.903. The Bertz CT molecular complexity index is 604. The number of phenolic OH excluding ortho intramolecular Hbond substituents is 1. The fourth-order valence-electron chi connectivity index (χ4n) is 1.60. The summed E-state index contributed by atoms with van der Waals surface area (Å²) in [6, 6.07) is 6.43. The molecule has 1 heterocycles. The van der Waals surface area contributed by atoms with Crippen LogP contribution >= 0.6 is 11.6 Å². The van der Waals surface area contributed by atoms with Gasteiger partial charge < -0.3 is 10.4 Å². The van der Waals surface area contributed by atoms with Crippen molar-refractivity contribution in [3.8, 4) is 5.75 Å². The van der Waals surface area contributed by atoms with Crippen molar-refractivity contribution in [2.75, 3.05) is 0 Å². The molecule has 19 heavy (non-hydrogen) atoms. The van der Waals surface area contributed by atoms with Gasteiger partial charge in [0.1, 0.15) is 16.6 Å². The molecule has 1 aromatic heterocycles. The molecule has 0 spiro atoms. The fourth-order valence-corrected chi connectivity index (χ4v) is 1.75. The van der Waals surface area contributed by atoms with Gasteiger partial charge in [-0.05, 0) is 24.6 Å². The van der Waals surface area contributed by atoms with E-state index in [0.717, 1.165) is 5.56 Å². The Labute approximate surface area is 115 Å². The summed E-state index contributed by atoms with van der Waals surface area (Å²) in [5.41, 5.74) is 0.947. The van der Waals surface area contributed by atoms with Crippen LogP contribution in [0.1, 0.15) is 29.0 Å².